The van der Waals surface area contributed by atoms with Gasteiger partial charge in [0.05, 0.1) is 12.1 Å². The second kappa shape index (κ2) is 8.50. The molecule has 32 heavy (non-hydrogen) atoms. The molecule has 1 aromatic heterocycles. The molecule has 2 aliphatic carbocycles. The first-order valence-corrected chi connectivity index (χ1v) is 11.3. The highest BCUT2D eigenvalue weighted by atomic mass is 19.1. The zero-order valence-electron chi connectivity index (χ0n) is 18.2. The summed E-state index contributed by atoms with van der Waals surface area (Å²) < 4.78 is 14.5. The molecule has 5 rings (SSSR count). The van der Waals surface area contributed by atoms with Gasteiger partial charge in [0.1, 0.15) is 0 Å². The second-order valence-electron chi connectivity index (χ2n) is 9.26. The molecule has 0 radical (unpaired) electrons. The number of rotatable bonds is 6. The van der Waals surface area contributed by atoms with Gasteiger partial charge in [0.15, 0.2) is 11.6 Å². The van der Waals surface area contributed by atoms with Gasteiger partial charge in [0.2, 0.25) is 11.9 Å². The lowest BCUT2D eigenvalue weighted by Crippen LogP contribution is -2.41. The second-order valence-corrected chi connectivity index (χ2v) is 9.26. The van der Waals surface area contributed by atoms with Crippen LogP contribution in [0.3, 0.4) is 0 Å². The number of benzene rings is 1. The summed E-state index contributed by atoms with van der Waals surface area (Å²) in [5.41, 5.74) is 7.80. The maximum atomic E-state index is 14.5. The molecule has 1 aliphatic heterocycles. The van der Waals surface area contributed by atoms with E-state index in [9.17, 15) is 9.18 Å². The molecule has 1 aromatic carbocycles. The Morgan fingerprint density at radius 2 is 1.88 bits per heavy atom. The maximum absolute atomic E-state index is 14.5. The summed E-state index contributed by atoms with van der Waals surface area (Å²) in [4.78, 5) is 22.7. The van der Waals surface area contributed by atoms with Gasteiger partial charge in [-0.2, -0.15) is 4.98 Å². The SMILES string of the molecule is CN1CCC(c2ccc(Nc3ncc(F)c(N[C@@H]4[C@H]5C=CC(C5)[C@@H]4C(N)=O)n3)cc2)CC1. The first-order valence-electron chi connectivity index (χ1n) is 11.3. The Morgan fingerprint density at radius 3 is 2.59 bits per heavy atom. The first kappa shape index (κ1) is 20.9. The van der Waals surface area contributed by atoms with Gasteiger partial charge in [-0.15, -0.1) is 0 Å². The first-order chi connectivity index (χ1) is 15.5. The van der Waals surface area contributed by atoms with Crippen molar-refractivity contribution < 1.29 is 9.18 Å². The number of anilines is 3. The number of likely N-dealkylation sites (tertiary alicyclic amines) is 1. The molecular formula is C24H29FN6O. The third-order valence-electron chi connectivity index (χ3n) is 7.19. The molecule has 1 unspecified atom stereocenters. The molecule has 8 heteroatoms. The van der Waals surface area contributed by atoms with E-state index in [2.05, 4.69) is 50.8 Å². The number of hydrogen-bond donors (Lipinski definition) is 3. The third-order valence-corrected chi connectivity index (χ3v) is 7.19. The Morgan fingerprint density at radius 1 is 1.16 bits per heavy atom. The number of primary amides is 1. The summed E-state index contributed by atoms with van der Waals surface area (Å²) in [5.74, 6) is -0.0381. The number of carbonyl (C=O) groups is 1. The molecule has 3 aliphatic rings. The predicted molar refractivity (Wildman–Crippen MR) is 122 cm³/mol. The summed E-state index contributed by atoms with van der Waals surface area (Å²) in [6.07, 6.45) is 8.45. The van der Waals surface area contributed by atoms with Crippen molar-refractivity contribution in [1.82, 2.24) is 14.9 Å². The van der Waals surface area contributed by atoms with Crippen LogP contribution in [-0.2, 0) is 4.79 Å². The van der Waals surface area contributed by atoms with Crippen molar-refractivity contribution >= 4 is 23.4 Å². The quantitative estimate of drug-likeness (QED) is 0.602. The van der Waals surface area contributed by atoms with E-state index in [0.717, 1.165) is 31.4 Å². The van der Waals surface area contributed by atoms with Crippen molar-refractivity contribution in [2.45, 2.75) is 31.2 Å². The van der Waals surface area contributed by atoms with E-state index >= 15 is 0 Å². The maximum Gasteiger partial charge on any atom is 0.229 e. The fourth-order valence-corrected chi connectivity index (χ4v) is 5.40. The van der Waals surface area contributed by atoms with E-state index in [1.54, 1.807) is 0 Å². The monoisotopic (exact) mass is 436 g/mol. The number of fused-ring (bicyclic) bond motifs is 2. The van der Waals surface area contributed by atoms with Crippen LogP contribution in [-0.4, -0.2) is 47.0 Å². The molecule has 1 saturated carbocycles. The van der Waals surface area contributed by atoms with Gasteiger partial charge in [0, 0.05) is 11.7 Å². The Hall–Kier alpha value is -3.00. The van der Waals surface area contributed by atoms with Crippen LogP contribution in [0.15, 0.2) is 42.6 Å². The van der Waals surface area contributed by atoms with Gasteiger partial charge >= 0.3 is 0 Å². The fourth-order valence-electron chi connectivity index (χ4n) is 5.40. The number of allylic oxidation sites excluding steroid dienone is 1. The summed E-state index contributed by atoms with van der Waals surface area (Å²) in [6, 6.07) is 8.04. The minimum Gasteiger partial charge on any atom is -0.369 e. The number of nitrogens with one attached hydrogen (secondary N) is 2. The van der Waals surface area contributed by atoms with E-state index in [0.29, 0.717) is 11.9 Å². The highest BCUT2D eigenvalue weighted by Crippen LogP contribution is 2.45. The van der Waals surface area contributed by atoms with E-state index < -0.39 is 5.82 Å². The fraction of sp³-hybridized carbons (Fsp3) is 0.458. The number of piperidine rings is 1. The van der Waals surface area contributed by atoms with Crippen molar-refractivity contribution in [2.75, 3.05) is 30.8 Å². The van der Waals surface area contributed by atoms with Crippen molar-refractivity contribution in [3.63, 3.8) is 0 Å². The molecule has 2 aromatic rings. The van der Waals surface area contributed by atoms with Crippen LogP contribution in [0.25, 0.3) is 0 Å². The highest BCUT2D eigenvalue weighted by molar-refractivity contribution is 5.79. The highest BCUT2D eigenvalue weighted by Gasteiger charge is 2.47. The predicted octanol–water partition coefficient (Wildman–Crippen LogP) is 3.26. The third kappa shape index (κ3) is 4.07. The van der Waals surface area contributed by atoms with Crippen LogP contribution in [0, 0.1) is 23.6 Å². The summed E-state index contributed by atoms with van der Waals surface area (Å²) in [6.45, 7) is 2.25. The summed E-state index contributed by atoms with van der Waals surface area (Å²) >= 11 is 0. The number of nitrogens with two attached hydrogens (primary N) is 1. The largest absolute Gasteiger partial charge is 0.369 e. The lowest BCUT2D eigenvalue weighted by atomic mass is 9.88. The lowest BCUT2D eigenvalue weighted by molar-refractivity contribution is -0.122. The van der Waals surface area contributed by atoms with E-state index in [1.807, 2.05) is 18.2 Å². The van der Waals surface area contributed by atoms with Crippen LogP contribution in [0.1, 0.15) is 30.7 Å². The van der Waals surface area contributed by atoms with Gasteiger partial charge in [-0.25, -0.2) is 9.37 Å². The molecule has 168 valence electrons. The molecule has 4 atom stereocenters. The van der Waals surface area contributed by atoms with Crippen LogP contribution in [0.2, 0.25) is 0 Å². The Balaban J connectivity index is 1.28. The van der Waals surface area contributed by atoms with Gasteiger partial charge in [0.25, 0.3) is 0 Å². The molecule has 2 fully saturated rings. The van der Waals surface area contributed by atoms with Crippen molar-refractivity contribution in [3.8, 4) is 0 Å². The average Bonchev–Trinajstić information content (AvgIpc) is 3.39. The van der Waals surface area contributed by atoms with Crippen molar-refractivity contribution in [1.29, 1.82) is 0 Å². The van der Waals surface area contributed by atoms with Crippen LogP contribution in [0.5, 0.6) is 0 Å². The van der Waals surface area contributed by atoms with Crippen LogP contribution in [0.4, 0.5) is 21.8 Å². The number of carbonyl (C=O) groups excluding carboxylic acids is 1. The normalized spacial score (nSPS) is 27.6. The summed E-state index contributed by atoms with van der Waals surface area (Å²) in [7, 11) is 2.16. The van der Waals surface area contributed by atoms with E-state index in [1.165, 1.54) is 18.4 Å². The lowest BCUT2D eigenvalue weighted by Gasteiger charge is -2.29. The number of amides is 1. The molecule has 7 nitrogen and oxygen atoms in total. The van der Waals surface area contributed by atoms with Crippen LogP contribution < -0.4 is 16.4 Å². The molecule has 2 heterocycles. The Kier molecular flexibility index (Phi) is 5.55. The molecule has 1 saturated heterocycles. The average molecular weight is 437 g/mol. The van der Waals surface area contributed by atoms with Gasteiger partial charge < -0.3 is 21.3 Å². The summed E-state index contributed by atoms with van der Waals surface area (Å²) in [5, 5.41) is 6.29. The standard InChI is InChI=1S/C24H29FN6O/c1-31-10-8-15(9-11-31)14-4-6-18(7-5-14)28-24-27-13-19(25)23(30-24)29-21-17-3-2-16(12-17)20(21)22(26)32/h2-7,13,15-17,20-21H,8-12H2,1H3,(H2,26,32)(H2,27,28,29,30)/t16?,17-,20-,21+/m0/s1. The van der Waals surface area contributed by atoms with Crippen LogP contribution >= 0.6 is 0 Å². The number of nitrogens with zero attached hydrogens (tertiary/aromatic N) is 3. The van der Waals surface area contributed by atoms with Gasteiger partial charge in [-0.1, -0.05) is 24.3 Å². The molecule has 4 N–H and O–H groups in total. The van der Waals surface area contributed by atoms with E-state index in [4.69, 9.17) is 5.73 Å². The van der Waals surface area contributed by atoms with Crippen molar-refractivity contribution in [2.24, 2.45) is 23.5 Å². The molecular weight excluding hydrogens is 407 g/mol. The minimum absolute atomic E-state index is 0.0858. The Labute approximate surface area is 187 Å². The van der Waals surface area contributed by atoms with Gasteiger partial charge in [-0.05, 0) is 74.8 Å². The van der Waals surface area contributed by atoms with Crippen molar-refractivity contribution in [3.05, 3.63) is 54.0 Å². The smallest absolute Gasteiger partial charge is 0.229 e. The number of halogens is 1. The number of hydrogen-bond acceptors (Lipinski definition) is 6. The molecule has 1 amide bonds. The Bertz CT molecular complexity index is 1020. The van der Waals surface area contributed by atoms with Gasteiger partial charge in [-0.3, -0.25) is 4.79 Å². The molecule has 2 bridgehead atoms. The zero-order chi connectivity index (χ0) is 22.2. The minimum atomic E-state index is -0.553. The number of aromatic nitrogens is 2. The zero-order valence-corrected chi connectivity index (χ0v) is 18.2. The van der Waals surface area contributed by atoms with E-state index in [-0.39, 0.29) is 35.5 Å². The molecule has 0 spiro atoms. The topological polar surface area (TPSA) is 96.2 Å².